The van der Waals surface area contributed by atoms with Gasteiger partial charge in [0.05, 0.1) is 10.8 Å². The van der Waals surface area contributed by atoms with Crippen molar-refractivity contribution >= 4 is 22.4 Å². The molecule has 2 rings (SSSR count). The van der Waals surface area contributed by atoms with Gasteiger partial charge in [-0.2, -0.15) is 0 Å². The molecule has 1 nitrogen and oxygen atoms in total. The van der Waals surface area contributed by atoms with Crippen molar-refractivity contribution in [2.24, 2.45) is 11.8 Å². The Morgan fingerprint density at radius 3 is 2.14 bits per heavy atom. The molecule has 1 aliphatic rings. The third-order valence-electron chi connectivity index (χ3n) is 3.12. The zero-order valence-electron chi connectivity index (χ0n) is 8.24. The van der Waals surface area contributed by atoms with Crippen LogP contribution >= 0.6 is 11.6 Å². The number of halogens is 1. The maximum Gasteiger partial charge on any atom is 0.130 e. The Hall–Kier alpha value is -0.340. The first-order chi connectivity index (χ1) is 6.58. The zero-order valence-corrected chi connectivity index (χ0v) is 9.81. The molecular formula is C11H13ClOS. The first-order valence-corrected chi connectivity index (χ1v) is 6.27. The molecule has 1 aromatic rings. The summed E-state index contributed by atoms with van der Waals surface area (Å²) in [5.74, 6) is 0.676. The first-order valence-electron chi connectivity index (χ1n) is 4.74. The highest BCUT2D eigenvalue weighted by Gasteiger charge is 2.63. The third-order valence-corrected chi connectivity index (χ3v) is 6.25. The fourth-order valence-electron chi connectivity index (χ4n) is 1.75. The summed E-state index contributed by atoms with van der Waals surface area (Å²) < 4.78 is 11.6. The molecule has 14 heavy (non-hydrogen) atoms. The van der Waals surface area contributed by atoms with Gasteiger partial charge in [-0.05, 0) is 24.0 Å². The molecule has 0 aliphatic heterocycles. The van der Waals surface area contributed by atoms with Gasteiger partial charge < -0.3 is 0 Å². The quantitative estimate of drug-likeness (QED) is 0.712. The van der Waals surface area contributed by atoms with Crippen LogP contribution in [0.4, 0.5) is 0 Å². The minimum atomic E-state index is -1.08. The van der Waals surface area contributed by atoms with Crippen molar-refractivity contribution in [1.82, 2.24) is 0 Å². The summed E-state index contributed by atoms with van der Waals surface area (Å²) in [5, 5.41) is 0. The van der Waals surface area contributed by atoms with Crippen molar-refractivity contribution in [1.29, 1.82) is 0 Å². The van der Waals surface area contributed by atoms with Crippen molar-refractivity contribution in [3.63, 3.8) is 0 Å². The lowest BCUT2D eigenvalue weighted by Gasteiger charge is -2.08. The molecule has 4 atom stereocenters. The van der Waals surface area contributed by atoms with Gasteiger partial charge in [-0.3, -0.25) is 4.21 Å². The third kappa shape index (κ3) is 1.32. The molecule has 0 aromatic heterocycles. The van der Waals surface area contributed by atoms with E-state index in [1.165, 1.54) is 0 Å². The van der Waals surface area contributed by atoms with Crippen molar-refractivity contribution in [3.05, 3.63) is 30.3 Å². The highest BCUT2D eigenvalue weighted by atomic mass is 35.5. The summed E-state index contributed by atoms with van der Waals surface area (Å²) >= 11 is 6.33. The van der Waals surface area contributed by atoms with E-state index in [1.807, 2.05) is 30.3 Å². The van der Waals surface area contributed by atoms with E-state index in [1.54, 1.807) is 0 Å². The Balaban J connectivity index is 2.27. The lowest BCUT2D eigenvalue weighted by Crippen LogP contribution is -2.12. The maximum atomic E-state index is 12.1. The number of alkyl halides is 1. The number of hydrogen-bond acceptors (Lipinski definition) is 1. The monoisotopic (exact) mass is 228 g/mol. The van der Waals surface area contributed by atoms with E-state index in [9.17, 15) is 4.21 Å². The Kier molecular flexibility index (Phi) is 2.44. The fourth-order valence-corrected chi connectivity index (χ4v) is 4.11. The summed E-state index contributed by atoms with van der Waals surface area (Å²) in [7, 11) is -1.08. The van der Waals surface area contributed by atoms with Crippen LogP contribution in [-0.2, 0) is 10.8 Å². The molecule has 0 heterocycles. The molecule has 0 N–H and O–H groups in total. The summed E-state index contributed by atoms with van der Waals surface area (Å²) in [4.78, 5) is 0.832. The van der Waals surface area contributed by atoms with Gasteiger partial charge >= 0.3 is 0 Å². The second kappa shape index (κ2) is 3.35. The number of rotatable bonds is 2. The molecule has 0 bridgehead atoms. The van der Waals surface area contributed by atoms with Crippen LogP contribution in [0.2, 0.25) is 0 Å². The van der Waals surface area contributed by atoms with Gasteiger partial charge in [0.2, 0.25) is 0 Å². The highest BCUT2D eigenvalue weighted by molar-refractivity contribution is 7.88. The average molecular weight is 229 g/mol. The van der Waals surface area contributed by atoms with Gasteiger partial charge in [0.25, 0.3) is 0 Å². The Morgan fingerprint density at radius 2 is 1.71 bits per heavy atom. The number of benzene rings is 1. The predicted molar refractivity (Wildman–Crippen MR) is 59.8 cm³/mol. The maximum absolute atomic E-state index is 12.1. The van der Waals surface area contributed by atoms with Crippen LogP contribution in [0.15, 0.2) is 35.2 Å². The van der Waals surface area contributed by atoms with E-state index >= 15 is 0 Å². The summed E-state index contributed by atoms with van der Waals surface area (Å²) in [6, 6.07) is 9.45. The summed E-state index contributed by atoms with van der Waals surface area (Å²) in [5.41, 5.74) is 0. The van der Waals surface area contributed by atoms with Crippen molar-refractivity contribution in [2.75, 3.05) is 0 Å². The van der Waals surface area contributed by atoms with Gasteiger partial charge in [0, 0.05) is 4.90 Å². The smallest absolute Gasteiger partial charge is 0.130 e. The molecule has 1 fully saturated rings. The standard InChI is InChI=1S/C11H13ClOS/c1-8-9(2)11(8,12)14(13)10-6-4-3-5-7-10/h3-9H,1-2H3/t8-,9+,11?,14-/m1/s1. The van der Waals surface area contributed by atoms with Gasteiger partial charge in [0.1, 0.15) is 4.21 Å². The Bertz CT molecular complexity index is 355. The van der Waals surface area contributed by atoms with E-state index < -0.39 is 15.0 Å². The number of hydrogen-bond donors (Lipinski definition) is 0. The average Bonchev–Trinajstić information content (AvgIpc) is 2.71. The minimum Gasteiger partial charge on any atom is -0.252 e. The normalized spacial score (nSPS) is 37.9. The van der Waals surface area contributed by atoms with Crippen LogP contribution in [-0.4, -0.2) is 8.42 Å². The van der Waals surface area contributed by atoms with Crippen LogP contribution < -0.4 is 0 Å². The van der Waals surface area contributed by atoms with E-state index in [0.717, 1.165) is 4.90 Å². The van der Waals surface area contributed by atoms with E-state index in [-0.39, 0.29) is 0 Å². The predicted octanol–water partition coefficient (Wildman–Crippen LogP) is 3.02. The van der Waals surface area contributed by atoms with Crippen LogP contribution in [0.5, 0.6) is 0 Å². The Labute approximate surface area is 91.9 Å². The first kappa shape index (κ1) is 10.2. The molecule has 1 saturated carbocycles. The second-order valence-electron chi connectivity index (χ2n) is 3.86. The van der Waals surface area contributed by atoms with Gasteiger partial charge in [0.15, 0.2) is 0 Å². The molecular weight excluding hydrogens is 216 g/mol. The summed E-state index contributed by atoms with van der Waals surface area (Å²) in [6.45, 7) is 4.11. The van der Waals surface area contributed by atoms with Gasteiger partial charge in [-0.1, -0.05) is 32.0 Å². The lowest BCUT2D eigenvalue weighted by molar-refractivity contribution is 0.677. The van der Waals surface area contributed by atoms with Gasteiger partial charge in [-0.25, -0.2) is 0 Å². The van der Waals surface area contributed by atoms with Crippen molar-refractivity contribution in [3.8, 4) is 0 Å². The minimum absolute atomic E-state index is 0.338. The topological polar surface area (TPSA) is 17.1 Å². The van der Waals surface area contributed by atoms with Crippen LogP contribution in [0, 0.1) is 11.8 Å². The molecule has 76 valence electrons. The van der Waals surface area contributed by atoms with Crippen LogP contribution in [0.3, 0.4) is 0 Å². The van der Waals surface area contributed by atoms with E-state index in [2.05, 4.69) is 13.8 Å². The second-order valence-corrected chi connectivity index (χ2v) is 6.39. The van der Waals surface area contributed by atoms with E-state index in [4.69, 9.17) is 11.6 Å². The Morgan fingerprint density at radius 1 is 1.21 bits per heavy atom. The molecule has 0 amide bonds. The SMILES string of the molecule is C[C@@H]1[C@H](C)C1(Cl)[S@](=O)c1ccccc1. The van der Waals surface area contributed by atoms with Crippen LogP contribution in [0.25, 0.3) is 0 Å². The molecule has 1 unspecified atom stereocenters. The molecule has 0 spiro atoms. The van der Waals surface area contributed by atoms with Crippen molar-refractivity contribution < 1.29 is 4.21 Å². The van der Waals surface area contributed by atoms with Crippen molar-refractivity contribution in [2.45, 2.75) is 22.9 Å². The summed E-state index contributed by atoms with van der Waals surface area (Å²) in [6.07, 6.45) is 0. The lowest BCUT2D eigenvalue weighted by atomic mass is 10.4. The largest absolute Gasteiger partial charge is 0.252 e. The molecule has 0 saturated heterocycles. The molecule has 1 aliphatic carbocycles. The fraction of sp³-hybridized carbons (Fsp3) is 0.455. The van der Waals surface area contributed by atoms with Gasteiger partial charge in [-0.15, -0.1) is 11.6 Å². The highest BCUT2D eigenvalue weighted by Crippen LogP contribution is 2.58. The zero-order chi connectivity index (χ0) is 10.3. The van der Waals surface area contributed by atoms with E-state index in [0.29, 0.717) is 11.8 Å². The van der Waals surface area contributed by atoms with Crippen LogP contribution in [0.1, 0.15) is 13.8 Å². The molecule has 0 radical (unpaired) electrons. The molecule has 3 heteroatoms. The molecule has 1 aromatic carbocycles.